The maximum absolute atomic E-state index is 13.1. The highest BCUT2D eigenvalue weighted by Gasteiger charge is 2.23. The second-order valence-corrected chi connectivity index (χ2v) is 9.83. The lowest BCUT2D eigenvalue weighted by atomic mass is 9.98. The molecule has 190 valence electrons. The van der Waals surface area contributed by atoms with Gasteiger partial charge in [-0.2, -0.15) is 5.10 Å². The summed E-state index contributed by atoms with van der Waals surface area (Å²) in [5.41, 5.74) is 4.30. The lowest BCUT2D eigenvalue weighted by molar-refractivity contribution is 0.0578. The molecule has 0 atom stereocenters. The third-order valence-electron chi connectivity index (χ3n) is 5.66. The third kappa shape index (κ3) is 6.85. The molecule has 0 bridgehead atoms. The van der Waals surface area contributed by atoms with Crippen LogP contribution in [0.1, 0.15) is 36.7 Å². The molecular weight excluding hydrogens is 464 g/mol. The van der Waals surface area contributed by atoms with E-state index in [1.165, 1.54) is 0 Å². The molecule has 0 aliphatic heterocycles. The van der Waals surface area contributed by atoms with Crippen LogP contribution in [0, 0.1) is 6.92 Å². The number of ether oxygens (including phenoxy) is 1. The molecule has 0 aliphatic rings. The van der Waals surface area contributed by atoms with Gasteiger partial charge in [-0.3, -0.25) is 14.4 Å². The number of rotatable bonds is 7. The number of hydrogen-bond donors (Lipinski definition) is 1. The van der Waals surface area contributed by atoms with Crippen molar-refractivity contribution < 1.29 is 14.3 Å². The number of hydrogen-bond acceptors (Lipinski definition) is 4. The lowest BCUT2D eigenvalue weighted by Gasteiger charge is -2.27. The Bertz CT molecular complexity index is 1360. The number of amides is 2. The van der Waals surface area contributed by atoms with Crippen molar-refractivity contribution in [3.63, 3.8) is 0 Å². The quantitative estimate of drug-likeness (QED) is 0.315. The zero-order valence-corrected chi connectivity index (χ0v) is 21.6. The Hall–Kier alpha value is -4.39. The lowest BCUT2D eigenvalue weighted by Crippen LogP contribution is -2.38. The van der Waals surface area contributed by atoms with Crippen LogP contribution >= 0.6 is 0 Å². The molecule has 1 aromatic heterocycles. The van der Waals surface area contributed by atoms with E-state index in [2.05, 4.69) is 10.4 Å². The molecule has 0 spiro atoms. The second kappa shape index (κ2) is 11.1. The highest BCUT2D eigenvalue weighted by atomic mass is 16.6. The Morgan fingerprint density at radius 1 is 0.946 bits per heavy atom. The van der Waals surface area contributed by atoms with Crippen molar-refractivity contribution >= 4 is 23.4 Å². The summed E-state index contributed by atoms with van der Waals surface area (Å²) in [6.07, 6.45) is 2.93. The summed E-state index contributed by atoms with van der Waals surface area (Å²) in [5.74, 6) is -0.213. The molecule has 4 rings (SSSR count). The van der Waals surface area contributed by atoms with Crippen molar-refractivity contribution in [2.24, 2.45) is 0 Å². The Morgan fingerprint density at radius 2 is 1.62 bits per heavy atom. The van der Waals surface area contributed by atoms with Gasteiger partial charge < -0.3 is 10.1 Å². The van der Waals surface area contributed by atoms with Crippen molar-refractivity contribution in [2.45, 2.75) is 39.8 Å². The number of nitrogens with zero attached hydrogens (tertiary/aromatic N) is 3. The minimum atomic E-state index is -0.609. The van der Waals surface area contributed by atoms with Gasteiger partial charge in [0.25, 0.3) is 5.91 Å². The van der Waals surface area contributed by atoms with Crippen molar-refractivity contribution in [1.29, 1.82) is 0 Å². The van der Waals surface area contributed by atoms with Crippen LogP contribution in [0.2, 0.25) is 0 Å². The molecule has 7 heteroatoms. The Balaban J connectivity index is 1.45. The minimum absolute atomic E-state index is 0.213. The van der Waals surface area contributed by atoms with Crippen molar-refractivity contribution in [2.75, 3.05) is 16.8 Å². The Kier molecular flexibility index (Phi) is 7.72. The summed E-state index contributed by atoms with van der Waals surface area (Å²) in [4.78, 5) is 27.6. The smallest absolute Gasteiger partial charge is 0.414 e. The zero-order chi connectivity index (χ0) is 26.4. The SMILES string of the molecule is Cc1ccc(-c2ccccc2C(=O)Nc2cnn(CCN(C(=O)OC(C)(C)C)c3ccccc3)c2)cc1. The standard InChI is InChI=1S/C30H32N4O3/c1-22-14-16-23(17-15-22)26-12-8-9-13-27(26)28(35)32-24-20-31-33(21-24)18-19-34(25-10-6-5-7-11-25)29(36)37-30(2,3)4/h5-17,20-21H,18-19H2,1-4H3,(H,32,35). The summed E-state index contributed by atoms with van der Waals surface area (Å²) >= 11 is 0. The average Bonchev–Trinajstić information content (AvgIpc) is 3.31. The molecule has 7 nitrogen and oxygen atoms in total. The molecular formula is C30H32N4O3. The van der Waals surface area contributed by atoms with E-state index in [1.54, 1.807) is 22.0 Å². The molecule has 2 amide bonds. The molecule has 0 saturated carbocycles. The molecule has 1 heterocycles. The fourth-order valence-corrected chi connectivity index (χ4v) is 3.87. The van der Waals surface area contributed by atoms with Gasteiger partial charge in [-0.15, -0.1) is 0 Å². The third-order valence-corrected chi connectivity index (χ3v) is 5.66. The van der Waals surface area contributed by atoms with Gasteiger partial charge in [-0.05, 0) is 57.0 Å². The first-order valence-electron chi connectivity index (χ1n) is 12.2. The van der Waals surface area contributed by atoms with Gasteiger partial charge in [0.2, 0.25) is 0 Å². The van der Waals surface area contributed by atoms with Crippen LogP contribution in [0.15, 0.2) is 91.3 Å². The molecule has 1 N–H and O–H groups in total. The van der Waals surface area contributed by atoms with Crippen LogP contribution in [0.5, 0.6) is 0 Å². The van der Waals surface area contributed by atoms with Crippen LogP contribution in [0.3, 0.4) is 0 Å². The number of aryl methyl sites for hydroxylation is 1. The first-order valence-corrected chi connectivity index (χ1v) is 12.2. The first-order chi connectivity index (χ1) is 17.7. The van der Waals surface area contributed by atoms with Gasteiger partial charge in [-0.1, -0.05) is 66.2 Å². The van der Waals surface area contributed by atoms with E-state index in [-0.39, 0.29) is 5.91 Å². The largest absolute Gasteiger partial charge is 0.443 e. The van der Waals surface area contributed by atoms with Crippen LogP contribution < -0.4 is 10.2 Å². The van der Waals surface area contributed by atoms with Gasteiger partial charge in [0.15, 0.2) is 0 Å². The van der Waals surface area contributed by atoms with E-state index in [0.29, 0.717) is 24.3 Å². The summed E-state index contributed by atoms with van der Waals surface area (Å²) in [7, 11) is 0. The highest BCUT2D eigenvalue weighted by molar-refractivity contribution is 6.08. The molecule has 0 saturated heterocycles. The normalized spacial score (nSPS) is 11.1. The number of anilines is 2. The van der Waals surface area contributed by atoms with Crippen molar-refractivity contribution in [1.82, 2.24) is 9.78 Å². The van der Waals surface area contributed by atoms with Gasteiger partial charge in [0, 0.05) is 24.0 Å². The average molecular weight is 497 g/mol. The molecule has 0 unspecified atom stereocenters. The maximum atomic E-state index is 13.1. The molecule has 0 radical (unpaired) electrons. The monoisotopic (exact) mass is 496 g/mol. The van der Waals surface area contributed by atoms with Crippen molar-refractivity contribution in [3.8, 4) is 11.1 Å². The van der Waals surface area contributed by atoms with Gasteiger partial charge in [-0.25, -0.2) is 4.79 Å². The van der Waals surface area contributed by atoms with Gasteiger partial charge in [0.1, 0.15) is 5.60 Å². The number of nitrogens with one attached hydrogen (secondary N) is 1. The maximum Gasteiger partial charge on any atom is 0.414 e. The van der Waals surface area contributed by atoms with E-state index in [0.717, 1.165) is 22.4 Å². The van der Waals surface area contributed by atoms with Gasteiger partial charge in [0.05, 0.1) is 18.4 Å². The zero-order valence-electron chi connectivity index (χ0n) is 21.6. The van der Waals surface area contributed by atoms with Crippen LogP contribution in [0.25, 0.3) is 11.1 Å². The van der Waals surface area contributed by atoms with E-state index in [1.807, 2.05) is 107 Å². The topological polar surface area (TPSA) is 76.5 Å². The molecule has 3 aromatic carbocycles. The van der Waals surface area contributed by atoms with E-state index in [4.69, 9.17) is 4.74 Å². The molecule has 0 aliphatic carbocycles. The number of benzene rings is 3. The van der Waals surface area contributed by atoms with Crippen LogP contribution in [-0.2, 0) is 11.3 Å². The summed E-state index contributed by atoms with van der Waals surface area (Å²) in [5, 5.41) is 7.32. The summed E-state index contributed by atoms with van der Waals surface area (Å²) in [6, 6.07) is 25.0. The number of carbonyl (C=O) groups excluding carboxylic acids is 2. The summed E-state index contributed by atoms with van der Waals surface area (Å²) in [6.45, 7) is 8.33. The second-order valence-electron chi connectivity index (χ2n) is 9.83. The van der Waals surface area contributed by atoms with E-state index < -0.39 is 11.7 Å². The highest BCUT2D eigenvalue weighted by Crippen LogP contribution is 2.25. The predicted octanol–water partition coefficient (Wildman–Crippen LogP) is 6.55. The fraction of sp³-hybridized carbons (Fsp3) is 0.233. The van der Waals surface area contributed by atoms with E-state index >= 15 is 0 Å². The Labute approximate surface area is 217 Å². The van der Waals surface area contributed by atoms with E-state index in [9.17, 15) is 9.59 Å². The van der Waals surface area contributed by atoms with Crippen molar-refractivity contribution in [3.05, 3.63) is 102 Å². The number of carbonyl (C=O) groups is 2. The fourth-order valence-electron chi connectivity index (χ4n) is 3.87. The minimum Gasteiger partial charge on any atom is -0.443 e. The summed E-state index contributed by atoms with van der Waals surface area (Å²) < 4.78 is 7.30. The number of para-hydroxylation sites is 1. The number of aromatic nitrogens is 2. The molecule has 37 heavy (non-hydrogen) atoms. The molecule has 4 aromatic rings. The van der Waals surface area contributed by atoms with Gasteiger partial charge >= 0.3 is 6.09 Å². The van der Waals surface area contributed by atoms with Crippen LogP contribution in [-0.4, -0.2) is 33.9 Å². The Morgan fingerprint density at radius 3 is 2.32 bits per heavy atom. The first kappa shape index (κ1) is 25.7. The van der Waals surface area contributed by atoms with Crippen LogP contribution in [0.4, 0.5) is 16.2 Å². The predicted molar refractivity (Wildman–Crippen MR) is 147 cm³/mol. The molecule has 0 fully saturated rings.